The first-order valence-corrected chi connectivity index (χ1v) is 25.6. The van der Waals surface area contributed by atoms with E-state index >= 15 is 0 Å². The van der Waals surface area contributed by atoms with Crippen molar-refractivity contribution >= 4 is 11.9 Å². The fraction of sp³-hybridized carbons (Fsp3) is 0.885. The van der Waals surface area contributed by atoms with Crippen molar-refractivity contribution in [2.45, 2.75) is 283 Å². The summed E-state index contributed by atoms with van der Waals surface area (Å²) in [7, 11) is 0. The van der Waals surface area contributed by atoms with Crippen molar-refractivity contribution in [3.8, 4) is 0 Å². The number of aliphatic hydroxyl groups is 2. The summed E-state index contributed by atoms with van der Waals surface area (Å²) >= 11 is 0. The maximum Gasteiger partial charge on any atom is 0.305 e. The zero-order valence-electron chi connectivity index (χ0n) is 38.8. The Morgan fingerprint density at radius 2 is 0.810 bits per heavy atom. The van der Waals surface area contributed by atoms with Crippen molar-refractivity contribution in [1.29, 1.82) is 0 Å². The molecule has 6 heteroatoms. The average Bonchev–Trinajstić information content (AvgIpc) is 3.22. The van der Waals surface area contributed by atoms with Crippen molar-refractivity contribution < 1.29 is 24.5 Å². The molecule has 2 atom stereocenters. The molecule has 0 rings (SSSR count). The van der Waals surface area contributed by atoms with Crippen molar-refractivity contribution in [3.05, 3.63) is 24.3 Å². The van der Waals surface area contributed by atoms with Crippen LogP contribution >= 0.6 is 0 Å². The molecule has 0 aromatic heterocycles. The Bertz CT molecular complexity index is 904. The van der Waals surface area contributed by atoms with E-state index in [0.717, 1.165) is 83.5 Å². The zero-order valence-corrected chi connectivity index (χ0v) is 38.8. The Kier molecular flexibility index (Phi) is 46.6. The van der Waals surface area contributed by atoms with Crippen LogP contribution in [0.15, 0.2) is 24.3 Å². The lowest BCUT2D eigenvalue weighted by molar-refractivity contribution is -0.143. The lowest BCUT2D eigenvalue weighted by Crippen LogP contribution is -2.45. The molecule has 0 fully saturated rings. The summed E-state index contributed by atoms with van der Waals surface area (Å²) < 4.78 is 5.45. The van der Waals surface area contributed by atoms with E-state index in [-0.39, 0.29) is 18.5 Å². The molecule has 1 amide bonds. The number of esters is 1. The number of allylic oxidation sites excluding steroid dienone is 3. The second kappa shape index (κ2) is 48.0. The summed E-state index contributed by atoms with van der Waals surface area (Å²) in [6, 6.07) is -0.646. The Balaban J connectivity index is 3.49. The second-order valence-electron chi connectivity index (χ2n) is 17.5. The van der Waals surface area contributed by atoms with Crippen LogP contribution in [-0.4, -0.2) is 47.4 Å². The monoisotopic (exact) mass is 818 g/mol. The molecule has 0 saturated heterocycles. The van der Waals surface area contributed by atoms with Gasteiger partial charge in [0.15, 0.2) is 0 Å². The van der Waals surface area contributed by atoms with Crippen LogP contribution in [0, 0.1) is 0 Å². The summed E-state index contributed by atoms with van der Waals surface area (Å²) in [6.45, 7) is 4.81. The molecular weight excluding hydrogens is 719 g/mol. The van der Waals surface area contributed by atoms with Gasteiger partial charge in [0.25, 0.3) is 0 Å². The van der Waals surface area contributed by atoms with Crippen LogP contribution in [0.2, 0.25) is 0 Å². The molecule has 0 bridgehead atoms. The molecule has 0 aliphatic rings. The maximum absolute atomic E-state index is 12.4. The van der Waals surface area contributed by atoms with Gasteiger partial charge in [-0.1, -0.05) is 224 Å². The Morgan fingerprint density at radius 1 is 0.466 bits per heavy atom. The van der Waals surface area contributed by atoms with Crippen LogP contribution in [-0.2, 0) is 14.3 Å². The van der Waals surface area contributed by atoms with Gasteiger partial charge in [-0.15, -0.1) is 0 Å². The first-order valence-electron chi connectivity index (χ1n) is 25.6. The summed E-state index contributed by atoms with van der Waals surface area (Å²) in [4.78, 5) is 24.4. The minimum absolute atomic E-state index is 0.0289. The highest BCUT2D eigenvalue weighted by Crippen LogP contribution is 2.16. The summed E-state index contributed by atoms with van der Waals surface area (Å²) in [5.74, 6) is -0.127. The lowest BCUT2D eigenvalue weighted by Gasteiger charge is -2.20. The molecule has 0 saturated carbocycles. The number of carbonyl (C=O) groups excluding carboxylic acids is 2. The summed E-state index contributed by atoms with van der Waals surface area (Å²) in [5.41, 5.74) is 0. The van der Waals surface area contributed by atoms with Gasteiger partial charge >= 0.3 is 5.97 Å². The van der Waals surface area contributed by atoms with Crippen LogP contribution in [0.3, 0.4) is 0 Å². The predicted octanol–water partition coefficient (Wildman–Crippen LogP) is 15.1. The highest BCUT2D eigenvalue weighted by molar-refractivity contribution is 5.76. The molecule has 58 heavy (non-hydrogen) atoms. The molecule has 0 heterocycles. The van der Waals surface area contributed by atoms with E-state index in [1.165, 1.54) is 161 Å². The number of aliphatic hydroxyl groups excluding tert-OH is 2. The predicted molar refractivity (Wildman–Crippen MR) is 250 cm³/mol. The Labute approximate surface area is 361 Å². The van der Waals surface area contributed by atoms with Crippen molar-refractivity contribution in [2.75, 3.05) is 13.2 Å². The van der Waals surface area contributed by atoms with Crippen LogP contribution < -0.4 is 5.32 Å². The van der Waals surface area contributed by atoms with Crippen LogP contribution in [0.4, 0.5) is 0 Å². The van der Waals surface area contributed by atoms with Gasteiger partial charge < -0.3 is 20.3 Å². The van der Waals surface area contributed by atoms with Gasteiger partial charge in [0, 0.05) is 12.8 Å². The number of hydrogen-bond acceptors (Lipinski definition) is 5. The number of unbranched alkanes of at least 4 members (excludes halogenated alkanes) is 34. The third-order valence-corrected chi connectivity index (χ3v) is 11.7. The Hall–Kier alpha value is -1.66. The van der Waals surface area contributed by atoms with Gasteiger partial charge in [-0.3, -0.25) is 9.59 Å². The minimum Gasteiger partial charge on any atom is -0.466 e. The number of rotatable bonds is 47. The molecule has 6 nitrogen and oxygen atoms in total. The van der Waals surface area contributed by atoms with Gasteiger partial charge in [0.1, 0.15) is 0 Å². The van der Waals surface area contributed by atoms with Crippen molar-refractivity contribution in [1.82, 2.24) is 5.32 Å². The molecule has 2 unspecified atom stereocenters. The fourth-order valence-corrected chi connectivity index (χ4v) is 7.74. The van der Waals surface area contributed by atoms with E-state index in [0.29, 0.717) is 19.4 Å². The van der Waals surface area contributed by atoms with Crippen molar-refractivity contribution in [3.63, 3.8) is 0 Å². The van der Waals surface area contributed by atoms with Gasteiger partial charge in [-0.05, 0) is 57.8 Å². The lowest BCUT2D eigenvalue weighted by atomic mass is 10.0. The molecule has 0 spiro atoms. The van der Waals surface area contributed by atoms with E-state index in [1.54, 1.807) is 6.08 Å². The molecule has 342 valence electrons. The molecule has 0 aliphatic carbocycles. The van der Waals surface area contributed by atoms with E-state index < -0.39 is 12.1 Å². The molecule has 0 aromatic carbocycles. The summed E-state index contributed by atoms with van der Waals surface area (Å²) in [6.07, 6.45) is 56.2. The number of ether oxygens (including phenoxy) is 1. The molecule has 3 N–H and O–H groups in total. The zero-order chi connectivity index (χ0) is 42.3. The number of nitrogens with one attached hydrogen (secondary N) is 1. The van der Waals surface area contributed by atoms with Gasteiger partial charge in [0.2, 0.25) is 5.91 Å². The van der Waals surface area contributed by atoms with E-state index in [2.05, 4.69) is 31.3 Å². The van der Waals surface area contributed by atoms with Crippen LogP contribution in [0.5, 0.6) is 0 Å². The van der Waals surface area contributed by atoms with E-state index in [9.17, 15) is 19.8 Å². The number of carbonyl (C=O) groups is 2. The van der Waals surface area contributed by atoms with Crippen molar-refractivity contribution in [2.24, 2.45) is 0 Å². The molecular formula is C52H99NO5. The van der Waals surface area contributed by atoms with Crippen LogP contribution in [0.1, 0.15) is 271 Å². The SMILES string of the molecule is CCCCCCCCCCC/C=C/C(O)C(CO)NC(=O)CCCCCCC/C=C\CCCCOC(=O)CCCCCCCCCCCCCCCCCCCCC. The Morgan fingerprint density at radius 3 is 1.22 bits per heavy atom. The first-order chi connectivity index (χ1) is 28.5. The second-order valence-corrected chi connectivity index (χ2v) is 17.5. The standard InChI is InChI=1S/C52H99NO5/c1-3-5-7-9-11-13-15-16-17-18-19-20-21-22-26-30-34-38-42-46-52(57)58-47-43-39-35-31-27-23-25-29-33-37-41-45-51(56)53-49(48-54)50(55)44-40-36-32-28-24-14-12-10-8-6-4-2/h27,31,40,44,49-50,54-55H,3-26,28-30,32-39,41-43,45-48H2,1-2H3,(H,53,56)/b31-27-,44-40+. The van der Waals surface area contributed by atoms with Gasteiger partial charge in [0.05, 0.1) is 25.4 Å². The first kappa shape index (κ1) is 56.3. The third-order valence-electron chi connectivity index (χ3n) is 11.7. The van der Waals surface area contributed by atoms with E-state index in [4.69, 9.17) is 4.74 Å². The summed E-state index contributed by atoms with van der Waals surface area (Å²) in [5, 5.41) is 22.9. The average molecular weight is 818 g/mol. The highest BCUT2D eigenvalue weighted by Gasteiger charge is 2.18. The highest BCUT2D eigenvalue weighted by atomic mass is 16.5. The largest absolute Gasteiger partial charge is 0.466 e. The molecule has 0 radical (unpaired) electrons. The third kappa shape index (κ3) is 43.9. The minimum atomic E-state index is -0.860. The topological polar surface area (TPSA) is 95.9 Å². The maximum atomic E-state index is 12.4. The van der Waals surface area contributed by atoms with E-state index in [1.807, 2.05) is 6.08 Å². The van der Waals surface area contributed by atoms with Gasteiger partial charge in [-0.25, -0.2) is 0 Å². The number of hydrogen-bond donors (Lipinski definition) is 3. The molecule has 0 aromatic rings. The quantitative estimate of drug-likeness (QED) is 0.0323. The smallest absolute Gasteiger partial charge is 0.305 e. The normalized spacial score (nSPS) is 12.8. The molecule has 0 aliphatic heterocycles. The number of amides is 1. The fourth-order valence-electron chi connectivity index (χ4n) is 7.74. The van der Waals surface area contributed by atoms with Gasteiger partial charge in [-0.2, -0.15) is 0 Å². The van der Waals surface area contributed by atoms with Crippen LogP contribution in [0.25, 0.3) is 0 Å².